The molecule has 1 saturated heterocycles. The van der Waals surface area contributed by atoms with Gasteiger partial charge < -0.3 is 24.8 Å². The summed E-state index contributed by atoms with van der Waals surface area (Å²) in [6.07, 6.45) is 0.293. The van der Waals surface area contributed by atoms with Gasteiger partial charge >= 0.3 is 10.3 Å². The van der Waals surface area contributed by atoms with Crippen LogP contribution in [0.15, 0.2) is 54.1 Å². The molecule has 0 radical (unpaired) electrons. The van der Waals surface area contributed by atoms with Crippen LogP contribution in [0.5, 0.6) is 0 Å². The van der Waals surface area contributed by atoms with Crippen molar-refractivity contribution in [3.8, 4) is 0 Å². The molecule has 1 aliphatic carbocycles. The number of anilines is 2. The fourth-order valence-electron chi connectivity index (χ4n) is 7.09. The molecule has 292 valence electrons. The summed E-state index contributed by atoms with van der Waals surface area (Å²) in [7, 11) is -4.50. The lowest BCUT2D eigenvalue weighted by Crippen LogP contribution is -2.39. The van der Waals surface area contributed by atoms with Gasteiger partial charge in [0.1, 0.15) is 12.4 Å². The minimum Gasteiger partial charge on any atom is -0.394 e. The van der Waals surface area contributed by atoms with Crippen molar-refractivity contribution in [3.63, 3.8) is 0 Å². The largest absolute Gasteiger partial charge is 0.394 e. The molecular formula is C34H41N11O9S. The zero-order valence-electron chi connectivity index (χ0n) is 30.2. The van der Waals surface area contributed by atoms with E-state index in [4.69, 9.17) is 8.92 Å². The van der Waals surface area contributed by atoms with Crippen molar-refractivity contribution < 1.29 is 37.1 Å². The molecule has 2 fully saturated rings. The number of H-pyrrole nitrogens is 1. The van der Waals surface area contributed by atoms with E-state index < -0.39 is 70.7 Å². The quantitative estimate of drug-likeness (QED) is 0.104. The fraction of sp³-hybridized carbons (Fsp3) is 0.471. The molecule has 6 N–H and O–H groups in total. The third-order valence-corrected chi connectivity index (χ3v) is 11.3. The summed E-state index contributed by atoms with van der Waals surface area (Å²) in [5.74, 6) is -2.61. The summed E-state index contributed by atoms with van der Waals surface area (Å²) in [6, 6.07) is 8.32. The van der Waals surface area contributed by atoms with Gasteiger partial charge in [-0.05, 0) is 18.6 Å². The second kappa shape index (κ2) is 15.2. The number of imidazole rings is 2. The zero-order valence-corrected chi connectivity index (χ0v) is 31.0. The minimum atomic E-state index is -4.50. The molecule has 5 aromatic rings. The number of carbonyl (C=O) groups excluding carboxylic acids is 2. The molecule has 20 nitrogen and oxygen atoms in total. The predicted octanol–water partition coefficient (Wildman–Crippen LogP) is 1.11. The van der Waals surface area contributed by atoms with Crippen LogP contribution in [0.4, 0.5) is 11.8 Å². The summed E-state index contributed by atoms with van der Waals surface area (Å²) in [4.78, 5) is 61.9. The second-order valence-electron chi connectivity index (χ2n) is 14.1. The van der Waals surface area contributed by atoms with Crippen LogP contribution in [0.25, 0.3) is 22.3 Å². The topological polar surface area (TPSA) is 270 Å². The molecule has 0 unspecified atom stereocenters. The van der Waals surface area contributed by atoms with Crippen molar-refractivity contribution in [2.45, 2.75) is 64.7 Å². The molecule has 8 atom stereocenters. The van der Waals surface area contributed by atoms with E-state index in [9.17, 15) is 33.0 Å². The Balaban J connectivity index is 1.06. The monoisotopic (exact) mass is 779 g/mol. The van der Waals surface area contributed by atoms with Gasteiger partial charge in [0, 0.05) is 41.8 Å². The molecule has 4 aromatic heterocycles. The average Bonchev–Trinajstić information content (AvgIpc) is 3.92. The molecule has 1 saturated carbocycles. The van der Waals surface area contributed by atoms with Crippen LogP contribution < -0.4 is 20.9 Å². The van der Waals surface area contributed by atoms with Gasteiger partial charge in [0.2, 0.25) is 11.9 Å². The molecule has 5 heterocycles. The smallest absolute Gasteiger partial charge is 0.336 e. The maximum Gasteiger partial charge on any atom is 0.336 e. The second-order valence-corrected chi connectivity index (χ2v) is 15.5. The molecule has 7 rings (SSSR count). The Hall–Kier alpha value is -5.19. The highest BCUT2D eigenvalue weighted by molar-refractivity contribution is 7.84. The molecule has 2 amide bonds. The first-order chi connectivity index (χ1) is 26.3. The van der Waals surface area contributed by atoms with E-state index in [1.807, 2.05) is 6.92 Å². The lowest BCUT2D eigenvalue weighted by Gasteiger charge is -2.23. The summed E-state index contributed by atoms with van der Waals surface area (Å²) < 4.78 is 44.3. The Morgan fingerprint density at radius 2 is 1.75 bits per heavy atom. The van der Waals surface area contributed by atoms with E-state index in [0.29, 0.717) is 23.1 Å². The number of benzene rings is 1. The van der Waals surface area contributed by atoms with Crippen LogP contribution in [0.2, 0.25) is 0 Å². The van der Waals surface area contributed by atoms with Crippen LogP contribution in [-0.4, -0.2) is 101 Å². The normalized spacial score (nSPS) is 25.6. The Morgan fingerprint density at radius 3 is 2.47 bits per heavy atom. The number of carbonyl (C=O) groups is 2. The Labute approximate surface area is 314 Å². The number of aromatic amines is 1. The number of aromatic nitrogens is 8. The van der Waals surface area contributed by atoms with Gasteiger partial charge in [-0.25, -0.2) is 24.1 Å². The number of hydrogen-bond acceptors (Lipinski definition) is 14. The van der Waals surface area contributed by atoms with E-state index >= 15 is 0 Å². The van der Waals surface area contributed by atoms with Crippen molar-refractivity contribution in [3.05, 3.63) is 65.2 Å². The molecule has 21 heteroatoms. The van der Waals surface area contributed by atoms with Gasteiger partial charge in [0.05, 0.1) is 31.5 Å². The van der Waals surface area contributed by atoms with Crippen LogP contribution >= 0.6 is 0 Å². The predicted molar refractivity (Wildman–Crippen MR) is 196 cm³/mol. The van der Waals surface area contributed by atoms with E-state index in [2.05, 4.69) is 45.3 Å². The van der Waals surface area contributed by atoms with Gasteiger partial charge in [0.25, 0.3) is 11.5 Å². The minimum absolute atomic E-state index is 0.00495. The molecular weight excluding hydrogens is 739 g/mol. The van der Waals surface area contributed by atoms with E-state index in [-0.39, 0.29) is 47.3 Å². The van der Waals surface area contributed by atoms with Crippen LogP contribution in [0.1, 0.15) is 56.7 Å². The lowest BCUT2D eigenvalue weighted by molar-refractivity contribution is -0.118. The molecule has 0 spiro atoms. The number of ether oxygens (including phenoxy) is 1. The maximum atomic E-state index is 13.5. The SMILES string of the molecule is CC(C)C(=O)Nc1nc2c(ncn2[C@@H]2O[C@H](CO)[C@@H](C)[C@H]2OS(=O)(=O)NC[C@H]2C[C@@H](n3cnc4c(NC(=O)c5ccccc5)ncnc43)[C@H](C)[C@@H]2O)c(=O)[nH]1. The van der Waals surface area contributed by atoms with Crippen LogP contribution in [0.3, 0.4) is 0 Å². The third kappa shape index (κ3) is 7.45. The molecule has 55 heavy (non-hydrogen) atoms. The van der Waals surface area contributed by atoms with Gasteiger partial charge in [-0.1, -0.05) is 45.9 Å². The van der Waals surface area contributed by atoms with Crippen molar-refractivity contribution >= 4 is 56.2 Å². The van der Waals surface area contributed by atoms with Gasteiger partial charge in [-0.2, -0.15) is 18.1 Å². The highest BCUT2D eigenvalue weighted by Crippen LogP contribution is 2.42. The summed E-state index contributed by atoms with van der Waals surface area (Å²) >= 11 is 0. The first-order valence-corrected chi connectivity index (χ1v) is 19.1. The van der Waals surface area contributed by atoms with Crippen molar-refractivity contribution in [2.24, 2.45) is 23.7 Å². The summed E-state index contributed by atoms with van der Waals surface area (Å²) in [5, 5.41) is 26.6. The number of nitrogens with zero attached hydrogens (tertiary/aromatic N) is 7. The van der Waals surface area contributed by atoms with E-state index in [0.717, 1.165) is 0 Å². The first kappa shape index (κ1) is 38.1. The van der Waals surface area contributed by atoms with Crippen LogP contribution in [-0.2, 0) is 24.0 Å². The summed E-state index contributed by atoms with van der Waals surface area (Å²) in [6.45, 7) is 6.21. The van der Waals surface area contributed by atoms with Crippen molar-refractivity contribution in [1.82, 2.24) is 43.8 Å². The third-order valence-electron chi connectivity index (χ3n) is 10.3. The highest BCUT2D eigenvalue weighted by atomic mass is 32.2. The number of hydrogen-bond donors (Lipinski definition) is 6. The van der Waals surface area contributed by atoms with Gasteiger partial charge in [-0.15, -0.1) is 0 Å². The van der Waals surface area contributed by atoms with Crippen molar-refractivity contribution in [2.75, 3.05) is 23.8 Å². The first-order valence-electron chi connectivity index (χ1n) is 17.7. The van der Waals surface area contributed by atoms with Crippen LogP contribution in [0, 0.1) is 23.7 Å². The zero-order chi connectivity index (χ0) is 39.2. The number of amides is 2. The van der Waals surface area contributed by atoms with Gasteiger partial charge in [0.15, 0.2) is 34.4 Å². The van der Waals surface area contributed by atoms with E-state index in [1.54, 1.807) is 62.0 Å². The molecule has 2 aliphatic rings. The Kier molecular flexibility index (Phi) is 10.5. The summed E-state index contributed by atoms with van der Waals surface area (Å²) in [5.41, 5.74) is 0.500. The average molecular weight is 780 g/mol. The molecule has 1 aromatic carbocycles. The van der Waals surface area contributed by atoms with Gasteiger partial charge in [-0.3, -0.25) is 29.3 Å². The number of aliphatic hydroxyl groups excluding tert-OH is 2. The highest BCUT2D eigenvalue weighted by Gasteiger charge is 2.47. The standard InChI is InChI=1S/C34H41N11O9S/c1-16(2)30(48)42-34-41-29-24(32(50)43-34)38-15-45(29)33-26(18(4)22(12-46)53-33)54-55(51,52)39-11-20-10-21(17(3)25(20)47)44-14-37-23-27(35-13-36-28(23)44)40-31(49)19-8-6-5-7-9-19/h5-9,13-18,20-22,25-26,33,39,46-47H,10-12H2,1-4H3,(H,35,36,40,49)(H2,41,42,43,48,50)/t17-,18+,20+,21+,22+,25-,26+,33+/m0/s1. The molecule has 0 bridgehead atoms. The molecule has 1 aliphatic heterocycles. The Morgan fingerprint density at radius 1 is 1.02 bits per heavy atom. The van der Waals surface area contributed by atoms with Crippen molar-refractivity contribution in [1.29, 1.82) is 0 Å². The fourth-order valence-corrected chi connectivity index (χ4v) is 8.14. The Bertz CT molecular complexity index is 2380. The lowest BCUT2D eigenvalue weighted by atomic mass is 10.0. The number of nitrogens with one attached hydrogen (secondary N) is 4. The van der Waals surface area contributed by atoms with E-state index in [1.165, 1.54) is 17.2 Å². The maximum absolute atomic E-state index is 13.5. The number of rotatable bonds is 12. The number of fused-ring (bicyclic) bond motifs is 2. The number of aliphatic hydroxyl groups is 2.